The van der Waals surface area contributed by atoms with Gasteiger partial charge in [-0.25, -0.2) is 4.79 Å². The van der Waals surface area contributed by atoms with Crippen LogP contribution in [0.2, 0.25) is 0 Å². The second-order valence-electron chi connectivity index (χ2n) is 12.8. The molecule has 3 aliphatic heterocycles. The molecule has 234 valence electrons. The molecule has 3 heterocycles. The Morgan fingerprint density at radius 3 is 2.45 bits per heavy atom. The largest absolute Gasteiger partial charge is 0.444 e. The molecule has 0 unspecified atom stereocenters. The quantitative estimate of drug-likeness (QED) is 0.259. The molecule has 1 spiro atoms. The minimum Gasteiger partial charge on any atom is -0.444 e. The number of amides is 4. The van der Waals surface area contributed by atoms with Crippen LogP contribution in [0, 0.1) is 5.41 Å². The number of allylic oxidation sites excluding steroid dienone is 1. The second kappa shape index (κ2) is 13.0. The molecule has 1 aliphatic carbocycles. The number of ether oxygens (including phenoxy) is 2. The number of carbonyl (C=O) groups excluding carboxylic acids is 5. The van der Waals surface area contributed by atoms with Gasteiger partial charge in [-0.2, -0.15) is 0 Å². The van der Waals surface area contributed by atoms with Crippen molar-refractivity contribution in [3.63, 3.8) is 0 Å². The maximum absolute atomic E-state index is 14.2. The Bertz CT molecular complexity index is 1090. The van der Waals surface area contributed by atoms with Gasteiger partial charge in [0.05, 0.1) is 25.8 Å². The fourth-order valence-electron chi connectivity index (χ4n) is 5.45. The summed E-state index contributed by atoms with van der Waals surface area (Å²) in [5.41, 5.74) is 2.01. The highest BCUT2D eigenvalue weighted by atomic mass is 16.7. The predicted molar refractivity (Wildman–Crippen MR) is 151 cm³/mol. The molecule has 1 saturated carbocycles. The van der Waals surface area contributed by atoms with Crippen molar-refractivity contribution in [3.05, 3.63) is 11.8 Å². The van der Waals surface area contributed by atoms with Crippen molar-refractivity contribution in [1.29, 1.82) is 0 Å². The summed E-state index contributed by atoms with van der Waals surface area (Å²) in [6.45, 7) is 10.1. The third-order valence-electron chi connectivity index (χ3n) is 8.03. The summed E-state index contributed by atoms with van der Waals surface area (Å²) in [5, 5.41) is 8.16. The van der Waals surface area contributed by atoms with Gasteiger partial charge in [-0.3, -0.25) is 29.5 Å². The lowest BCUT2D eigenvalue weighted by Gasteiger charge is -2.35. The normalized spacial score (nSPS) is 26.7. The number of ketones is 1. The first-order valence-electron chi connectivity index (χ1n) is 15.0. The van der Waals surface area contributed by atoms with Gasteiger partial charge in [0, 0.05) is 24.6 Å². The molecule has 4 amide bonds. The molecular formula is C29H45N5O8. The minimum atomic E-state index is -1.03. The topological polar surface area (TPSA) is 164 Å². The van der Waals surface area contributed by atoms with Gasteiger partial charge in [-0.1, -0.05) is 41.0 Å². The average molecular weight is 592 g/mol. The van der Waals surface area contributed by atoms with Crippen molar-refractivity contribution < 1.29 is 38.3 Å². The third kappa shape index (κ3) is 7.60. The van der Waals surface area contributed by atoms with E-state index >= 15 is 0 Å². The first-order chi connectivity index (χ1) is 19.9. The average Bonchev–Trinajstić information content (AvgIpc) is 3.29. The van der Waals surface area contributed by atoms with Crippen molar-refractivity contribution in [3.8, 4) is 0 Å². The number of carbonyl (C=O) groups is 5. The van der Waals surface area contributed by atoms with Crippen LogP contribution >= 0.6 is 0 Å². The van der Waals surface area contributed by atoms with E-state index in [1.165, 1.54) is 4.90 Å². The Morgan fingerprint density at radius 2 is 1.88 bits per heavy atom. The highest BCUT2D eigenvalue weighted by Gasteiger charge is 2.53. The van der Waals surface area contributed by atoms with Gasteiger partial charge in [0.25, 0.3) is 5.91 Å². The zero-order valence-electron chi connectivity index (χ0n) is 25.2. The zero-order chi connectivity index (χ0) is 30.7. The van der Waals surface area contributed by atoms with Gasteiger partial charge in [0.1, 0.15) is 23.8 Å². The number of hydrogen-bond donors (Lipinski definition) is 4. The molecule has 42 heavy (non-hydrogen) atoms. The Labute approximate surface area is 246 Å². The molecule has 4 aliphatic rings. The summed E-state index contributed by atoms with van der Waals surface area (Å²) < 4.78 is 10.7. The SMILES string of the molecule is CCC[C@H](NC(=O)[C@@H]1C[C@]2(C=C(CC)NO2)CN1C(=O)[C@@H](NC(=O)O[C@@H]1CCOC1)C(C)(C)C)C(=O)C(=O)NC1CC1. The Hall–Kier alpha value is -3.19. The van der Waals surface area contributed by atoms with Crippen molar-refractivity contribution in [2.24, 2.45) is 5.41 Å². The van der Waals surface area contributed by atoms with E-state index in [4.69, 9.17) is 14.3 Å². The molecule has 13 heteroatoms. The van der Waals surface area contributed by atoms with E-state index in [-0.39, 0.29) is 25.4 Å². The van der Waals surface area contributed by atoms with E-state index in [1.807, 2.05) is 40.7 Å². The number of likely N-dealkylation sites (tertiary alicyclic amines) is 1. The van der Waals surface area contributed by atoms with Gasteiger partial charge >= 0.3 is 6.09 Å². The number of rotatable bonds is 11. The van der Waals surface area contributed by atoms with E-state index in [1.54, 1.807) is 0 Å². The van der Waals surface area contributed by atoms with Crippen LogP contribution in [0.3, 0.4) is 0 Å². The molecule has 4 rings (SSSR count). The summed E-state index contributed by atoms with van der Waals surface area (Å²) in [6.07, 6.45) is 4.61. The Kier molecular flexibility index (Phi) is 9.81. The molecule has 0 aromatic rings. The smallest absolute Gasteiger partial charge is 0.408 e. The van der Waals surface area contributed by atoms with Crippen LogP contribution in [0.5, 0.6) is 0 Å². The first-order valence-corrected chi connectivity index (χ1v) is 15.0. The van der Waals surface area contributed by atoms with Crippen molar-refractivity contribution in [1.82, 2.24) is 26.3 Å². The molecule has 3 fully saturated rings. The summed E-state index contributed by atoms with van der Waals surface area (Å²) >= 11 is 0. The lowest BCUT2D eigenvalue weighted by Crippen LogP contribution is -2.59. The summed E-state index contributed by atoms with van der Waals surface area (Å²) in [4.78, 5) is 73.6. The van der Waals surface area contributed by atoms with Gasteiger partial charge in [-0.05, 0) is 37.2 Å². The molecule has 0 aromatic heterocycles. The maximum atomic E-state index is 14.2. The number of nitrogens with zero attached hydrogens (tertiary/aromatic N) is 1. The van der Waals surface area contributed by atoms with E-state index in [2.05, 4.69) is 21.4 Å². The number of nitrogens with one attached hydrogen (secondary N) is 4. The van der Waals surface area contributed by atoms with Crippen LogP contribution in [0.15, 0.2) is 11.8 Å². The monoisotopic (exact) mass is 591 g/mol. The van der Waals surface area contributed by atoms with Crippen molar-refractivity contribution in [2.75, 3.05) is 19.8 Å². The van der Waals surface area contributed by atoms with Crippen LogP contribution in [0.1, 0.15) is 79.6 Å². The summed E-state index contributed by atoms with van der Waals surface area (Å²) in [7, 11) is 0. The van der Waals surface area contributed by atoms with Crippen LogP contribution < -0.4 is 21.4 Å². The van der Waals surface area contributed by atoms with Crippen molar-refractivity contribution in [2.45, 2.75) is 115 Å². The van der Waals surface area contributed by atoms with Crippen LogP contribution in [0.4, 0.5) is 4.79 Å². The number of Topliss-reactive ketones (excluding diaryl/α,β-unsaturated/α-hetero) is 1. The predicted octanol–water partition coefficient (Wildman–Crippen LogP) is 1.22. The number of hydrogen-bond acceptors (Lipinski definition) is 9. The number of alkyl carbamates (subject to hydrolysis) is 1. The second-order valence-corrected chi connectivity index (χ2v) is 12.8. The van der Waals surface area contributed by atoms with Crippen LogP contribution in [0.25, 0.3) is 0 Å². The van der Waals surface area contributed by atoms with Gasteiger partial charge in [0.15, 0.2) is 0 Å². The van der Waals surface area contributed by atoms with Gasteiger partial charge < -0.3 is 30.3 Å². The molecule has 4 N–H and O–H groups in total. The van der Waals surface area contributed by atoms with Crippen LogP contribution in [-0.2, 0) is 33.5 Å². The highest BCUT2D eigenvalue weighted by Crippen LogP contribution is 2.37. The standard InChI is InChI=1S/C29H45N5O8/c1-6-8-20(22(35)25(37)30-18-9-10-18)31-24(36)21-14-29(13-17(7-2)33-42-29)16-34(21)26(38)23(28(3,4)5)32-27(39)41-19-11-12-40-15-19/h13,18-21,23,33H,6-12,14-16H2,1-5H3,(H,30,37)(H,31,36)(H,32,39)/t19-,20+,21+,23-,29-/m1/s1. The summed E-state index contributed by atoms with van der Waals surface area (Å²) in [6, 6.07) is -3.07. The van der Waals surface area contributed by atoms with E-state index in [9.17, 15) is 24.0 Å². The Morgan fingerprint density at radius 1 is 1.14 bits per heavy atom. The maximum Gasteiger partial charge on any atom is 0.408 e. The zero-order valence-corrected chi connectivity index (χ0v) is 25.2. The van der Waals surface area contributed by atoms with Gasteiger partial charge in [-0.15, -0.1) is 0 Å². The Balaban J connectivity index is 1.55. The first kappa shape index (κ1) is 31.7. The third-order valence-corrected chi connectivity index (χ3v) is 8.03. The van der Waals surface area contributed by atoms with Crippen molar-refractivity contribution >= 4 is 29.6 Å². The lowest BCUT2D eigenvalue weighted by molar-refractivity contribution is -0.144. The molecule has 13 nitrogen and oxygen atoms in total. The minimum absolute atomic E-state index is 0.00325. The highest BCUT2D eigenvalue weighted by molar-refractivity contribution is 6.38. The van der Waals surface area contributed by atoms with Gasteiger partial charge in [0.2, 0.25) is 17.6 Å². The summed E-state index contributed by atoms with van der Waals surface area (Å²) in [5.74, 6) is -2.46. The van der Waals surface area contributed by atoms with E-state index in [0.29, 0.717) is 32.5 Å². The molecular weight excluding hydrogens is 546 g/mol. The lowest BCUT2D eigenvalue weighted by atomic mass is 9.85. The van der Waals surface area contributed by atoms with E-state index in [0.717, 1.165) is 18.5 Å². The molecule has 2 saturated heterocycles. The van der Waals surface area contributed by atoms with E-state index < -0.39 is 64.8 Å². The molecule has 0 radical (unpaired) electrons. The molecule has 0 bridgehead atoms. The molecule has 0 aromatic carbocycles. The molecule has 5 atom stereocenters. The number of hydroxylamine groups is 1. The van der Waals surface area contributed by atoms with Crippen LogP contribution in [-0.4, -0.2) is 90.1 Å². The fourth-order valence-corrected chi connectivity index (χ4v) is 5.45. The fraction of sp³-hybridized carbons (Fsp3) is 0.759.